The van der Waals surface area contributed by atoms with Gasteiger partial charge in [-0.05, 0) is 30.6 Å². The number of carbonyl (C=O) groups excluding carboxylic acids is 1. The van der Waals surface area contributed by atoms with E-state index in [2.05, 4.69) is 29.1 Å². The molecule has 3 rings (SSSR count). The molecule has 0 unspecified atom stereocenters. The maximum atomic E-state index is 12.1. The van der Waals surface area contributed by atoms with E-state index in [1.54, 1.807) is 0 Å². The molecule has 0 radical (unpaired) electrons. The summed E-state index contributed by atoms with van der Waals surface area (Å²) in [4.78, 5) is 19.9. The molecular weight excluding hydrogens is 254 g/mol. The van der Waals surface area contributed by atoms with Gasteiger partial charge in [-0.25, -0.2) is 4.98 Å². The van der Waals surface area contributed by atoms with E-state index in [4.69, 9.17) is 4.74 Å². The number of H-pyrrole nitrogens is 1. The SMILES string of the molecule is CC1(C)CNC(=O)c2nc(CC[C@H]3CCOC3)[nH]c2C1. The van der Waals surface area contributed by atoms with Crippen LogP contribution in [-0.2, 0) is 17.6 Å². The van der Waals surface area contributed by atoms with Crippen molar-refractivity contribution in [2.24, 2.45) is 11.3 Å². The first kappa shape index (κ1) is 13.6. The summed E-state index contributed by atoms with van der Waals surface area (Å²) >= 11 is 0. The van der Waals surface area contributed by atoms with Crippen LogP contribution in [-0.4, -0.2) is 35.6 Å². The monoisotopic (exact) mass is 277 g/mol. The van der Waals surface area contributed by atoms with Crippen LogP contribution in [0.4, 0.5) is 0 Å². The second kappa shape index (κ2) is 5.20. The van der Waals surface area contributed by atoms with Crippen molar-refractivity contribution in [3.63, 3.8) is 0 Å². The minimum atomic E-state index is -0.0442. The number of rotatable bonds is 3. The lowest BCUT2D eigenvalue weighted by atomic mass is 9.88. The first-order valence-corrected chi connectivity index (χ1v) is 7.47. The Kier molecular flexibility index (Phi) is 3.54. The summed E-state index contributed by atoms with van der Waals surface area (Å²) in [6.07, 6.45) is 3.99. The van der Waals surface area contributed by atoms with Gasteiger partial charge in [0, 0.05) is 31.9 Å². The number of aryl methyl sites for hydroxylation is 1. The zero-order valence-corrected chi connectivity index (χ0v) is 12.3. The third-order valence-electron chi connectivity index (χ3n) is 4.24. The largest absolute Gasteiger partial charge is 0.381 e. The maximum absolute atomic E-state index is 12.1. The molecule has 5 heteroatoms. The van der Waals surface area contributed by atoms with E-state index in [0.29, 0.717) is 18.2 Å². The number of amides is 1. The van der Waals surface area contributed by atoms with Crippen molar-refractivity contribution in [3.05, 3.63) is 17.2 Å². The fraction of sp³-hybridized carbons (Fsp3) is 0.733. The number of carbonyl (C=O) groups is 1. The number of aromatic nitrogens is 2. The van der Waals surface area contributed by atoms with Crippen molar-refractivity contribution in [1.82, 2.24) is 15.3 Å². The number of ether oxygens (including phenoxy) is 1. The molecule has 0 aliphatic carbocycles. The Labute approximate surface area is 119 Å². The number of imidazole rings is 1. The van der Waals surface area contributed by atoms with E-state index in [-0.39, 0.29) is 11.3 Å². The molecule has 1 amide bonds. The highest BCUT2D eigenvalue weighted by molar-refractivity contribution is 5.93. The van der Waals surface area contributed by atoms with Gasteiger partial charge >= 0.3 is 0 Å². The summed E-state index contributed by atoms with van der Waals surface area (Å²) in [5.74, 6) is 1.54. The molecule has 0 bridgehead atoms. The summed E-state index contributed by atoms with van der Waals surface area (Å²) in [6.45, 7) is 6.78. The van der Waals surface area contributed by atoms with Crippen molar-refractivity contribution >= 4 is 5.91 Å². The van der Waals surface area contributed by atoms with Crippen molar-refractivity contribution in [3.8, 4) is 0 Å². The molecule has 20 heavy (non-hydrogen) atoms. The Balaban J connectivity index is 1.72. The van der Waals surface area contributed by atoms with Crippen molar-refractivity contribution < 1.29 is 9.53 Å². The first-order valence-electron chi connectivity index (χ1n) is 7.47. The highest BCUT2D eigenvalue weighted by Gasteiger charge is 2.29. The average Bonchev–Trinajstić information content (AvgIpc) is 3.00. The van der Waals surface area contributed by atoms with Gasteiger partial charge in [0.15, 0.2) is 0 Å². The fourth-order valence-electron chi connectivity index (χ4n) is 2.99. The van der Waals surface area contributed by atoms with Gasteiger partial charge in [0.05, 0.1) is 0 Å². The van der Waals surface area contributed by atoms with Crippen LogP contribution in [0.2, 0.25) is 0 Å². The van der Waals surface area contributed by atoms with Crippen LogP contribution in [0.3, 0.4) is 0 Å². The van der Waals surface area contributed by atoms with Crippen LogP contribution in [0.5, 0.6) is 0 Å². The third-order valence-corrected chi connectivity index (χ3v) is 4.24. The summed E-state index contributed by atoms with van der Waals surface area (Å²) in [6, 6.07) is 0. The number of aromatic amines is 1. The van der Waals surface area contributed by atoms with Crippen molar-refractivity contribution in [1.29, 1.82) is 0 Å². The summed E-state index contributed by atoms with van der Waals surface area (Å²) in [7, 11) is 0. The molecule has 3 heterocycles. The Morgan fingerprint density at radius 3 is 3.05 bits per heavy atom. The van der Waals surface area contributed by atoms with E-state index in [1.807, 2.05) is 0 Å². The van der Waals surface area contributed by atoms with Gasteiger partial charge in [-0.15, -0.1) is 0 Å². The maximum Gasteiger partial charge on any atom is 0.271 e. The zero-order valence-electron chi connectivity index (χ0n) is 12.3. The zero-order chi connectivity index (χ0) is 14.2. The molecule has 1 aromatic heterocycles. The highest BCUT2D eigenvalue weighted by atomic mass is 16.5. The molecule has 5 nitrogen and oxygen atoms in total. The lowest BCUT2D eigenvalue weighted by Gasteiger charge is -2.21. The minimum absolute atomic E-state index is 0.0442. The molecule has 0 spiro atoms. The van der Waals surface area contributed by atoms with Crippen LogP contribution >= 0.6 is 0 Å². The number of nitrogens with zero attached hydrogens (tertiary/aromatic N) is 1. The molecule has 1 fully saturated rings. The van der Waals surface area contributed by atoms with Crippen LogP contribution in [0.1, 0.15) is 48.7 Å². The molecule has 2 aliphatic rings. The molecule has 2 aliphatic heterocycles. The van der Waals surface area contributed by atoms with Gasteiger partial charge in [-0.3, -0.25) is 4.79 Å². The van der Waals surface area contributed by atoms with E-state index in [1.165, 1.54) is 0 Å². The first-order chi connectivity index (χ1) is 9.53. The van der Waals surface area contributed by atoms with Gasteiger partial charge in [0.25, 0.3) is 5.91 Å². The normalized spacial score (nSPS) is 25.1. The lowest BCUT2D eigenvalue weighted by molar-refractivity contribution is 0.0940. The van der Waals surface area contributed by atoms with E-state index in [9.17, 15) is 4.79 Å². The molecule has 1 atom stereocenters. The molecular formula is C15H23N3O2. The Morgan fingerprint density at radius 2 is 2.30 bits per heavy atom. The van der Waals surface area contributed by atoms with Gasteiger partial charge in [0.2, 0.25) is 0 Å². The van der Waals surface area contributed by atoms with Crippen molar-refractivity contribution in [2.75, 3.05) is 19.8 Å². The predicted octanol–water partition coefficient (Wildman–Crippen LogP) is 1.69. The fourth-order valence-corrected chi connectivity index (χ4v) is 2.99. The average molecular weight is 277 g/mol. The standard InChI is InChI=1S/C15H23N3O2/c1-15(2)7-11-13(14(19)16-9-15)18-12(17-11)4-3-10-5-6-20-8-10/h10H,3-9H2,1-2H3,(H,16,19)(H,17,18)/t10-/m0/s1. The molecule has 0 saturated carbocycles. The molecule has 2 N–H and O–H groups in total. The number of hydrogen-bond acceptors (Lipinski definition) is 3. The minimum Gasteiger partial charge on any atom is -0.381 e. The molecule has 1 saturated heterocycles. The number of nitrogens with one attached hydrogen (secondary N) is 2. The number of fused-ring (bicyclic) bond motifs is 1. The summed E-state index contributed by atoms with van der Waals surface area (Å²) in [5, 5.41) is 2.96. The van der Waals surface area contributed by atoms with Gasteiger partial charge in [-0.1, -0.05) is 13.8 Å². The van der Waals surface area contributed by atoms with E-state index in [0.717, 1.165) is 50.4 Å². The van der Waals surface area contributed by atoms with Crippen LogP contribution in [0.25, 0.3) is 0 Å². The number of hydrogen-bond donors (Lipinski definition) is 2. The molecule has 1 aromatic rings. The summed E-state index contributed by atoms with van der Waals surface area (Å²) < 4.78 is 5.39. The second-order valence-corrected chi connectivity index (χ2v) is 6.80. The highest BCUT2D eigenvalue weighted by Crippen LogP contribution is 2.26. The van der Waals surface area contributed by atoms with Gasteiger partial charge in [-0.2, -0.15) is 0 Å². The third kappa shape index (κ3) is 2.87. The Hall–Kier alpha value is -1.36. The quantitative estimate of drug-likeness (QED) is 0.883. The van der Waals surface area contributed by atoms with Crippen LogP contribution in [0.15, 0.2) is 0 Å². The van der Waals surface area contributed by atoms with Crippen LogP contribution in [0, 0.1) is 11.3 Å². The lowest BCUT2D eigenvalue weighted by Crippen LogP contribution is -2.32. The van der Waals surface area contributed by atoms with Gasteiger partial charge < -0.3 is 15.0 Å². The van der Waals surface area contributed by atoms with E-state index < -0.39 is 0 Å². The molecule has 110 valence electrons. The predicted molar refractivity (Wildman–Crippen MR) is 75.7 cm³/mol. The second-order valence-electron chi connectivity index (χ2n) is 6.80. The Morgan fingerprint density at radius 1 is 1.45 bits per heavy atom. The summed E-state index contributed by atoms with van der Waals surface area (Å²) in [5.41, 5.74) is 1.65. The van der Waals surface area contributed by atoms with Crippen LogP contribution < -0.4 is 5.32 Å². The van der Waals surface area contributed by atoms with E-state index >= 15 is 0 Å². The smallest absolute Gasteiger partial charge is 0.271 e. The topological polar surface area (TPSA) is 67.0 Å². The Bertz CT molecular complexity index is 501. The van der Waals surface area contributed by atoms with Crippen molar-refractivity contribution in [2.45, 2.75) is 39.5 Å². The molecule has 0 aromatic carbocycles. The van der Waals surface area contributed by atoms with Gasteiger partial charge in [0.1, 0.15) is 11.5 Å².